The van der Waals surface area contributed by atoms with Crippen LogP contribution >= 0.6 is 11.3 Å². The summed E-state index contributed by atoms with van der Waals surface area (Å²) in [6.07, 6.45) is 4.09. The van der Waals surface area contributed by atoms with Gasteiger partial charge in [-0.2, -0.15) is 0 Å². The minimum Gasteiger partial charge on any atom is -0.486 e. The Kier molecular flexibility index (Phi) is 3.90. The first-order valence-electron chi connectivity index (χ1n) is 8.98. The molecule has 0 aliphatic carbocycles. The summed E-state index contributed by atoms with van der Waals surface area (Å²) < 4.78 is 13.0. The maximum Gasteiger partial charge on any atom is 0.258 e. The van der Waals surface area contributed by atoms with Gasteiger partial charge in [0.05, 0.1) is 6.54 Å². The van der Waals surface area contributed by atoms with E-state index in [0.717, 1.165) is 41.7 Å². The fourth-order valence-corrected chi connectivity index (χ4v) is 4.75. The standard InChI is InChI=1S/C19H19N3O3S/c23-18-11-14(20-19-22(18)6-9-26-19)12-21-5-1-2-15(21)13-3-4-16-17(10-13)25-8-7-24-16/h3-4,6,9-11,15H,1-2,5,7-8,12H2/p+1/t15-/m0/s1. The minimum atomic E-state index is 0.000673. The molecule has 1 saturated heterocycles. The summed E-state index contributed by atoms with van der Waals surface area (Å²) >= 11 is 1.50. The van der Waals surface area contributed by atoms with Crippen molar-refractivity contribution in [1.29, 1.82) is 0 Å². The molecule has 1 aromatic carbocycles. The van der Waals surface area contributed by atoms with Crippen LogP contribution in [0, 0.1) is 0 Å². The molecule has 0 spiro atoms. The molecule has 1 unspecified atom stereocenters. The van der Waals surface area contributed by atoms with E-state index < -0.39 is 0 Å². The van der Waals surface area contributed by atoms with Crippen LogP contribution < -0.4 is 19.9 Å². The van der Waals surface area contributed by atoms with E-state index in [9.17, 15) is 4.79 Å². The number of ether oxygens (including phenoxy) is 2. The molecule has 5 rings (SSSR count). The smallest absolute Gasteiger partial charge is 0.258 e. The summed E-state index contributed by atoms with van der Waals surface area (Å²) in [7, 11) is 0. The molecule has 0 saturated carbocycles. The van der Waals surface area contributed by atoms with E-state index >= 15 is 0 Å². The van der Waals surface area contributed by atoms with Gasteiger partial charge in [0.2, 0.25) is 0 Å². The fourth-order valence-electron chi connectivity index (χ4n) is 4.01. The number of quaternary nitrogens is 1. The lowest BCUT2D eigenvalue weighted by Crippen LogP contribution is -3.09. The van der Waals surface area contributed by atoms with Crippen molar-refractivity contribution in [2.24, 2.45) is 0 Å². The lowest BCUT2D eigenvalue weighted by Gasteiger charge is -2.24. The number of fused-ring (bicyclic) bond motifs is 2. The second-order valence-electron chi connectivity index (χ2n) is 6.82. The molecule has 1 fully saturated rings. The third-order valence-electron chi connectivity index (χ3n) is 5.22. The number of nitrogens with zero attached hydrogens (tertiary/aromatic N) is 2. The van der Waals surface area contributed by atoms with Gasteiger partial charge in [0.15, 0.2) is 16.5 Å². The number of aromatic nitrogens is 2. The van der Waals surface area contributed by atoms with Crippen LogP contribution in [0.5, 0.6) is 11.5 Å². The monoisotopic (exact) mass is 370 g/mol. The average molecular weight is 370 g/mol. The topological polar surface area (TPSA) is 57.3 Å². The number of nitrogens with one attached hydrogen (secondary N) is 1. The van der Waals surface area contributed by atoms with Crippen LogP contribution in [0.1, 0.15) is 30.1 Å². The van der Waals surface area contributed by atoms with E-state index in [4.69, 9.17) is 9.47 Å². The molecule has 6 nitrogen and oxygen atoms in total. The SMILES string of the molecule is O=c1cc(C[NH+]2CCC[C@H]2c2ccc3c(c2)OCCO3)nc2sccn12. The Bertz CT molecular complexity index is 1010. The number of rotatable bonds is 3. The van der Waals surface area contributed by atoms with Crippen LogP contribution in [0.2, 0.25) is 0 Å². The number of hydrogen-bond donors (Lipinski definition) is 1. The molecule has 7 heteroatoms. The summed E-state index contributed by atoms with van der Waals surface area (Å²) in [6, 6.07) is 8.35. The summed E-state index contributed by atoms with van der Waals surface area (Å²) in [6.45, 7) is 3.07. The van der Waals surface area contributed by atoms with Crippen LogP contribution in [-0.4, -0.2) is 29.1 Å². The second-order valence-corrected chi connectivity index (χ2v) is 7.70. The Hall–Kier alpha value is -2.38. The van der Waals surface area contributed by atoms with Crippen molar-refractivity contribution >= 4 is 16.3 Å². The van der Waals surface area contributed by atoms with E-state index in [1.54, 1.807) is 16.7 Å². The molecule has 2 atom stereocenters. The Labute approximate surface area is 154 Å². The van der Waals surface area contributed by atoms with E-state index in [1.807, 2.05) is 11.4 Å². The number of thiazole rings is 1. The Morgan fingerprint density at radius 3 is 3.04 bits per heavy atom. The van der Waals surface area contributed by atoms with Gasteiger partial charge in [0.1, 0.15) is 31.5 Å². The predicted octanol–water partition coefficient (Wildman–Crippen LogP) is 1.45. The molecule has 2 aliphatic heterocycles. The summed E-state index contributed by atoms with van der Waals surface area (Å²) in [5.74, 6) is 1.67. The van der Waals surface area contributed by atoms with Crippen molar-refractivity contribution in [2.45, 2.75) is 25.4 Å². The first-order valence-corrected chi connectivity index (χ1v) is 9.86. The van der Waals surface area contributed by atoms with Crippen molar-refractivity contribution < 1.29 is 14.4 Å². The number of likely N-dealkylation sites (tertiary alicyclic amines) is 1. The van der Waals surface area contributed by atoms with Gasteiger partial charge in [-0.1, -0.05) is 0 Å². The summed E-state index contributed by atoms with van der Waals surface area (Å²) in [5, 5.41) is 1.90. The largest absolute Gasteiger partial charge is 0.486 e. The fraction of sp³-hybridized carbons (Fsp3) is 0.368. The quantitative estimate of drug-likeness (QED) is 0.758. The van der Waals surface area contributed by atoms with Crippen LogP contribution in [0.25, 0.3) is 4.96 Å². The van der Waals surface area contributed by atoms with Gasteiger partial charge >= 0.3 is 0 Å². The van der Waals surface area contributed by atoms with Crippen LogP contribution in [0.4, 0.5) is 0 Å². The zero-order valence-electron chi connectivity index (χ0n) is 14.3. The molecule has 26 heavy (non-hydrogen) atoms. The zero-order valence-corrected chi connectivity index (χ0v) is 15.1. The van der Waals surface area contributed by atoms with Crippen LogP contribution in [-0.2, 0) is 6.54 Å². The summed E-state index contributed by atoms with van der Waals surface area (Å²) in [5.41, 5.74) is 2.15. The van der Waals surface area contributed by atoms with Gasteiger partial charge < -0.3 is 14.4 Å². The van der Waals surface area contributed by atoms with Crippen molar-refractivity contribution in [1.82, 2.24) is 9.38 Å². The molecule has 2 aromatic heterocycles. The molecule has 0 amide bonds. The van der Waals surface area contributed by atoms with Gasteiger partial charge in [-0.15, -0.1) is 11.3 Å². The molecule has 2 aliphatic rings. The Morgan fingerprint density at radius 1 is 1.23 bits per heavy atom. The molecular weight excluding hydrogens is 350 g/mol. The zero-order chi connectivity index (χ0) is 17.5. The van der Waals surface area contributed by atoms with Crippen molar-refractivity contribution in [3.8, 4) is 11.5 Å². The highest BCUT2D eigenvalue weighted by Crippen LogP contribution is 2.33. The highest BCUT2D eigenvalue weighted by molar-refractivity contribution is 7.15. The van der Waals surface area contributed by atoms with Gasteiger partial charge in [0, 0.05) is 36.0 Å². The molecule has 0 bridgehead atoms. The van der Waals surface area contributed by atoms with Crippen LogP contribution in [0.3, 0.4) is 0 Å². The Balaban J connectivity index is 1.42. The highest BCUT2D eigenvalue weighted by Gasteiger charge is 2.31. The van der Waals surface area contributed by atoms with Gasteiger partial charge in [-0.3, -0.25) is 9.20 Å². The molecule has 4 heterocycles. The highest BCUT2D eigenvalue weighted by atomic mass is 32.1. The van der Waals surface area contributed by atoms with Gasteiger partial charge in [-0.25, -0.2) is 4.98 Å². The van der Waals surface area contributed by atoms with Gasteiger partial charge in [0.25, 0.3) is 5.56 Å². The average Bonchev–Trinajstić information content (AvgIpc) is 3.31. The first kappa shape index (κ1) is 15.8. The molecule has 3 aromatic rings. The Morgan fingerprint density at radius 2 is 2.12 bits per heavy atom. The number of hydrogen-bond acceptors (Lipinski definition) is 5. The predicted molar refractivity (Wildman–Crippen MR) is 98.3 cm³/mol. The first-order chi connectivity index (χ1) is 12.8. The van der Waals surface area contributed by atoms with Gasteiger partial charge in [-0.05, 0) is 18.2 Å². The molecule has 1 N–H and O–H groups in total. The van der Waals surface area contributed by atoms with E-state index in [0.29, 0.717) is 19.3 Å². The van der Waals surface area contributed by atoms with E-state index in [-0.39, 0.29) is 5.56 Å². The van der Waals surface area contributed by atoms with E-state index in [2.05, 4.69) is 17.1 Å². The lowest BCUT2D eigenvalue weighted by atomic mass is 10.0. The molecule has 134 valence electrons. The second kappa shape index (κ2) is 6.41. The van der Waals surface area contributed by atoms with E-state index in [1.165, 1.54) is 28.2 Å². The minimum absolute atomic E-state index is 0.000673. The van der Waals surface area contributed by atoms with Crippen molar-refractivity contribution in [3.05, 3.63) is 57.5 Å². The third-order valence-corrected chi connectivity index (χ3v) is 5.97. The lowest BCUT2D eigenvalue weighted by molar-refractivity contribution is -0.932. The van der Waals surface area contributed by atoms with Crippen molar-refractivity contribution in [2.75, 3.05) is 19.8 Å². The molecule has 0 radical (unpaired) electrons. The molecular formula is C19H20N3O3S+. The number of benzene rings is 1. The normalized spacial score (nSPS) is 22.0. The maximum absolute atomic E-state index is 12.2. The van der Waals surface area contributed by atoms with Crippen LogP contribution in [0.15, 0.2) is 40.6 Å². The maximum atomic E-state index is 12.2. The van der Waals surface area contributed by atoms with Crippen molar-refractivity contribution in [3.63, 3.8) is 0 Å². The summed E-state index contributed by atoms with van der Waals surface area (Å²) in [4.78, 5) is 19.1. The third kappa shape index (κ3) is 2.77.